The van der Waals surface area contributed by atoms with Crippen molar-refractivity contribution in [3.05, 3.63) is 29.3 Å². The van der Waals surface area contributed by atoms with Crippen molar-refractivity contribution in [3.63, 3.8) is 0 Å². The van der Waals surface area contributed by atoms with E-state index in [-0.39, 0.29) is 10.8 Å². The molecule has 4 nitrogen and oxygen atoms in total. The van der Waals surface area contributed by atoms with Crippen molar-refractivity contribution < 1.29 is 13.2 Å². The Kier molecular flexibility index (Phi) is 3.74. The van der Waals surface area contributed by atoms with Crippen molar-refractivity contribution in [2.75, 3.05) is 13.1 Å². The zero-order valence-electron chi connectivity index (χ0n) is 11.9. The summed E-state index contributed by atoms with van der Waals surface area (Å²) in [6, 6.07) is 4.59. The average molecular weight is 328 g/mol. The smallest absolute Gasteiger partial charge is 0.261 e. The second kappa shape index (κ2) is 5.29. The number of likely N-dealkylation sites (tertiary alicyclic amines) is 1. The highest BCUT2D eigenvalue weighted by atomic mass is 35.7. The maximum Gasteiger partial charge on any atom is 0.261 e. The molecule has 0 N–H and O–H groups in total. The van der Waals surface area contributed by atoms with Gasteiger partial charge in [0, 0.05) is 29.3 Å². The number of carbonyl (C=O) groups is 1. The van der Waals surface area contributed by atoms with Crippen LogP contribution < -0.4 is 0 Å². The maximum absolute atomic E-state index is 12.6. The standard InChI is InChI=1S/C15H18ClNO3S/c1-10-5-13(7-14(6-10)21(16,19)20)15(18)17-8-11-3-2-4-12(11)9-17/h5-7,11-12H,2-4,8-9H2,1H3. The van der Waals surface area contributed by atoms with Crippen molar-refractivity contribution >= 4 is 25.6 Å². The second-order valence-electron chi connectivity index (χ2n) is 6.13. The summed E-state index contributed by atoms with van der Waals surface area (Å²) in [5, 5.41) is 0. The first kappa shape index (κ1) is 14.9. The second-order valence-corrected chi connectivity index (χ2v) is 8.70. The van der Waals surface area contributed by atoms with Crippen LogP contribution in [0.4, 0.5) is 0 Å². The number of benzene rings is 1. The molecule has 1 amide bonds. The van der Waals surface area contributed by atoms with E-state index in [0.29, 0.717) is 17.4 Å². The van der Waals surface area contributed by atoms with Gasteiger partial charge >= 0.3 is 0 Å². The zero-order chi connectivity index (χ0) is 15.2. The lowest BCUT2D eigenvalue weighted by Crippen LogP contribution is -2.29. The van der Waals surface area contributed by atoms with E-state index < -0.39 is 9.05 Å². The molecule has 2 aliphatic rings. The first-order valence-electron chi connectivity index (χ1n) is 7.20. The molecule has 0 aromatic heterocycles. The number of nitrogens with zero attached hydrogens (tertiary/aromatic N) is 1. The molecule has 2 fully saturated rings. The van der Waals surface area contributed by atoms with Gasteiger partial charge in [0.1, 0.15) is 0 Å². The monoisotopic (exact) mass is 327 g/mol. The van der Waals surface area contributed by atoms with Gasteiger partial charge in [0.25, 0.3) is 15.0 Å². The fourth-order valence-corrected chi connectivity index (χ4v) is 4.46. The van der Waals surface area contributed by atoms with Gasteiger partial charge in [-0.05, 0) is 55.4 Å². The van der Waals surface area contributed by atoms with Crippen molar-refractivity contribution in [2.24, 2.45) is 11.8 Å². The lowest BCUT2D eigenvalue weighted by atomic mass is 10.0. The fraction of sp³-hybridized carbons (Fsp3) is 0.533. The SMILES string of the molecule is Cc1cc(C(=O)N2CC3CCCC3C2)cc(S(=O)(=O)Cl)c1. The number of fused-ring (bicyclic) bond motifs is 1. The van der Waals surface area contributed by atoms with Crippen LogP contribution >= 0.6 is 10.7 Å². The first-order chi connectivity index (χ1) is 9.84. The molecule has 0 bridgehead atoms. The average Bonchev–Trinajstić information content (AvgIpc) is 2.96. The Hall–Kier alpha value is -1.07. The normalized spacial score (nSPS) is 25.1. The summed E-state index contributed by atoms with van der Waals surface area (Å²) in [5.41, 5.74) is 1.13. The fourth-order valence-electron chi connectivity index (χ4n) is 3.60. The van der Waals surface area contributed by atoms with Crippen LogP contribution in [0.3, 0.4) is 0 Å². The van der Waals surface area contributed by atoms with E-state index >= 15 is 0 Å². The van der Waals surface area contributed by atoms with Crippen molar-refractivity contribution in [2.45, 2.75) is 31.1 Å². The van der Waals surface area contributed by atoms with E-state index in [4.69, 9.17) is 10.7 Å². The summed E-state index contributed by atoms with van der Waals surface area (Å²) >= 11 is 0. The lowest BCUT2D eigenvalue weighted by molar-refractivity contribution is 0.0780. The van der Waals surface area contributed by atoms with Crippen molar-refractivity contribution in [1.82, 2.24) is 4.90 Å². The number of halogens is 1. The number of aryl methyl sites for hydroxylation is 1. The van der Waals surface area contributed by atoms with E-state index in [9.17, 15) is 13.2 Å². The largest absolute Gasteiger partial charge is 0.338 e. The molecular weight excluding hydrogens is 310 g/mol. The van der Waals surface area contributed by atoms with Gasteiger partial charge in [0.2, 0.25) is 0 Å². The Bertz CT molecular complexity index is 674. The molecule has 1 saturated carbocycles. The molecule has 0 spiro atoms. The number of hydrogen-bond donors (Lipinski definition) is 0. The van der Waals surface area contributed by atoms with Crippen LogP contribution in [0.15, 0.2) is 23.1 Å². The molecule has 6 heteroatoms. The van der Waals surface area contributed by atoms with Crippen LogP contribution in [0, 0.1) is 18.8 Å². The van der Waals surface area contributed by atoms with Gasteiger partial charge in [0.05, 0.1) is 4.90 Å². The molecule has 1 aromatic carbocycles. The summed E-state index contributed by atoms with van der Waals surface area (Å²) < 4.78 is 23.0. The van der Waals surface area contributed by atoms with Gasteiger partial charge in [-0.3, -0.25) is 4.79 Å². The van der Waals surface area contributed by atoms with Gasteiger partial charge in [-0.25, -0.2) is 8.42 Å². The van der Waals surface area contributed by atoms with E-state index in [1.807, 2.05) is 4.90 Å². The molecule has 1 aliphatic carbocycles. The van der Waals surface area contributed by atoms with Crippen LogP contribution in [0.2, 0.25) is 0 Å². The highest BCUT2D eigenvalue weighted by molar-refractivity contribution is 8.13. The Morgan fingerprint density at radius 3 is 2.38 bits per heavy atom. The summed E-state index contributed by atoms with van der Waals surface area (Å²) in [7, 11) is 1.57. The first-order valence-corrected chi connectivity index (χ1v) is 9.51. The van der Waals surface area contributed by atoms with E-state index in [1.165, 1.54) is 31.4 Å². The summed E-state index contributed by atoms with van der Waals surface area (Å²) in [6.45, 7) is 3.35. The molecule has 2 unspecified atom stereocenters. The number of hydrogen-bond acceptors (Lipinski definition) is 3. The zero-order valence-corrected chi connectivity index (χ0v) is 13.5. The van der Waals surface area contributed by atoms with Gasteiger partial charge in [-0.1, -0.05) is 6.42 Å². The third-order valence-electron chi connectivity index (χ3n) is 4.59. The highest BCUT2D eigenvalue weighted by Gasteiger charge is 2.38. The Labute approximate surface area is 129 Å². The molecule has 21 heavy (non-hydrogen) atoms. The predicted octanol–water partition coefficient (Wildman–Crippen LogP) is 2.79. The maximum atomic E-state index is 12.6. The molecule has 0 radical (unpaired) electrons. The molecule has 3 rings (SSSR count). The number of amides is 1. The third-order valence-corrected chi connectivity index (χ3v) is 5.93. The Balaban J connectivity index is 1.87. The minimum Gasteiger partial charge on any atom is -0.338 e. The predicted molar refractivity (Wildman–Crippen MR) is 81.0 cm³/mol. The number of carbonyl (C=O) groups excluding carboxylic acids is 1. The van der Waals surface area contributed by atoms with Gasteiger partial charge < -0.3 is 4.90 Å². The summed E-state index contributed by atoms with van der Waals surface area (Å²) in [6.07, 6.45) is 3.66. The van der Waals surface area contributed by atoms with Gasteiger partial charge in [-0.15, -0.1) is 0 Å². The molecule has 1 aromatic rings. The molecule has 2 atom stereocenters. The van der Waals surface area contributed by atoms with E-state index in [0.717, 1.165) is 18.7 Å². The molecular formula is C15H18ClNO3S. The summed E-state index contributed by atoms with van der Waals surface area (Å²) in [4.78, 5) is 14.4. The van der Waals surface area contributed by atoms with Crippen molar-refractivity contribution in [3.8, 4) is 0 Å². The highest BCUT2D eigenvalue weighted by Crippen LogP contribution is 2.38. The van der Waals surface area contributed by atoms with Crippen molar-refractivity contribution in [1.29, 1.82) is 0 Å². The topological polar surface area (TPSA) is 54.5 Å². The van der Waals surface area contributed by atoms with Crippen LogP contribution in [0.1, 0.15) is 35.2 Å². The van der Waals surface area contributed by atoms with Gasteiger partial charge in [-0.2, -0.15) is 0 Å². The number of rotatable bonds is 2. The minimum absolute atomic E-state index is 0.00749. The molecule has 1 saturated heterocycles. The van der Waals surface area contributed by atoms with Crippen LogP contribution in [0.5, 0.6) is 0 Å². The van der Waals surface area contributed by atoms with Crippen LogP contribution in [-0.4, -0.2) is 32.3 Å². The summed E-state index contributed by atoms with van der Waals surface area (Å²) in [5.74, 6) is 1.15. The third kappa shape index (κ3) is 2.94. The molecule has 1 heterocycles. The molecule has 114 valence electrons. The van der Waals surface area contributed by atoms with Crippen LogP contribution in [-0.2, 0) is 9.05 Å². The lowest BCUT2D eigenvalue weighted by Gasteiger charge is -2.18. The van der Waals surface area contributed by atoms with Crippen LogP contribution in [0.25, 0.3) is 0 Å². The Morgan fingerprint density at radius 1 is 1.19 bits per heavy atom. The quantitative estimate of drug-likeness (QED) is 0.785. The molecule has 1 aliphatic heterocycles. The van der Waals surface area contributed by atoms with E-state index in [1.54, 1.807) is 13.0 Å². The minimum atomic E-state index is -3.82. The van der Waals surface area contributed by atoms with E-state index in [2.05, 4.69) is 0 Å². The van der Waals surface area contributed by atoms with Gasteiger partial charge in [0.15, 0.2) is 0 Å². The Morgan fingerprint density at radius 2 is 1.81 bits per heavy atom.